The lowest BCUT2D eigenvalue weighted by Crippen LogP contribution is -2.05. The SMILES string of the molecule is CCOc1cc(/C=C2\N=C(c3ccccc3)OC2=O)ccc1OCc1ccc([N+](=O)[O-])cc1. The minimum absolute atomic E-state index is 0.0228. The van der Waals surface area contributed by atoms with Crippen molar-refractivity contribution in [2.24, 2.45) is 4.99 Å². The van der Waals surface area contributed by atoms with Gasteiger partial charge in [-0.05, 0) is 60.5 Å². The largest absolute Gasteiger partial charge is 0.490 e. The first-order valence-electron chi connectivity index (χ1n) is 10.2. The zero-order chi connectivity index (χ0) is 23.2. The van der Waals surface area contributed by atoms with E-state index in [1.807, 2.05) is 37.3 Å². The van der Waals surface area contributed by atoms with E-state index in [9.17, 15) is 14.9 Å². The molecule has 0 aliphatic carbocycles. The molecular formula is C25H20N2O6. The fourth-order valence-electron chi connectivity index (χ4n) is 3.15. The highest BCUT2D eigenvalue weighted by Gasteiger charge is 2.24. The molecule has 3 aromatic rings. The lowest BCUT2D eigenvalue weighted by molar-refractivity contribution is -0.384. The van der Waals surface area contributed by atoms with Crippen molar-refractivity contribution in [3.05, 3.63) is 105 Å². The van der Waals surface area contributed by atoms with Crippen LogP contribution in [0.2, 0.25) is 0 Å². The molecular weight excluding hydrogens is 424 g/mol. The van der Waals surface area contributed by atoms with Gasteiger partial charge in [-0.15, -0.1) is 0 Å². The molecule has 0 fully saturated rings. The number of hydrogen-bond donors (Lipinski definition) is 0. The third kappa shape index (κ3) is 5.24. The Hall–Kier alpha value is -4.46. The fraction of sp³-hybridized carbons (Fsp3) is 0.120. The Labute approximate surface area is 189 Å². The van der Waals surface area contributed by atoms with Crippen molar-refractivity contribution in [2.45, 2.75) is 13.5 Å². The number of cyclic esters (lactones) is 1. The molecule has 0 N–H and O–H groups in total. The van der Waals surface area contributed by atoms with Crippen molar-refractivity contribution < 1.29 is 23.9 Å². The molecule has 0 unspecified atom stereocenters. The van der Waals surface area contributed by atoms with Crippen LogP contribution in [0.25, 0.3) is 6.08 Å². The van der Waals surface area contributed by atoms with Crippen molar-refractivity contribution in [3.8, 4) is 11.5 Å². The summed E-state index contributed by atoms with van der Waals surface area (Å²) in [5, 5.41) is 10.8. The molecule has 1 heterocycles. The smallest absolute Gasteiger partial charge is 0.363 e. The summed E-state index contributed by atoms with van der Waals surface area (Å²) in [4.78, 5) is 26.9. The second-order valence-electron chi connectivity index (χ2n) is 7.05. The first-order chi connectivity index (χ1) is 16.0. The van der Waals surface area contributed by atoms with Crippen LogP contribution in [0.5, 0.6) is 11.5 Å². The van der Waals surface area contributed by atoms with E-state index in [0.717, 1.165) is 11.1 Å². The number of nitro benzene ring substituents is 1. The molecule has 33 heavy (non-hydrogen) atoms. The molecule has 1 aliphatic heterocycles. The predicted octanol–water partition coefficient (Wildman–Crippen LogP) is 4.92. The highest BCUT2D eigenvalue weighted by atomic mass is 16.6. The van der Waals surface area contributed by atoms with Crippen molar-refractivity contribution in [2.75, 3.05) is 6.61 Å². The summed E-state index contributed by atoms with van der Waals surface area (Å²) in [5.74, 6) is 0.762. The maximum atomic E-state index is 12.3. The van der Waals surface area contributed by atoms with E-state index >= 15 is 0 Å². The van der Waals surface area contributed by atoms with Crippen LogP contribution in [0.3, 0.4) is 0 Å². The van der Waals surface area contributed by atoms with Crippen LogP contribution in [-0.2, 0) is 16.1 Å². The fourth-order valence-corrected chi connectivity index (χ4v) is 3.15. The number of rotatable bonds is 8. The second-order valence-corrected chi connectivity index (χ2v) is 7.05. The van der Waals surface area contributed by atoms with Gasteiger partial charge >= 0.3 is 5.97 Å². The first-order valence-corrected chi connectivity index (χ1v) is 10.2. The average molecular weight is 444 g/mol. The normalized spacial score (nSPS) is 14.0. The third-order valence-corrected chi connectivity index (χ3v) is 4.75. The quantitative estimate of drug-likeness (QED) is 0.212. The van der Waals surface area contributed by atoms with E-state index in [4.69, 9.17) is 14.2 Å². The van der Waals surface area contributed by atoms with Crippen LogP contribution < -0.4 is 9.47 Å². The minimum Gasteiger partial charge on any atom is -0.490 e. The number of hydrogen-bond acceptors (Lipinski definition) is 7. The van der Waals surface area contributed by atoms with Gasteiger partial charge in [0.05, 0.1) is 11.5 Å². The topological polar surface area (TPSA) is 100 Å². The Kier molecular flexibility index (Phi) is 6.45. The molecule has 0 saturated carbocycles. The maximum absolute atomic E-state index is 12.3. The highest BCUT2D eigenvalue weighted by molar-refractivity contribution is 6.12. The Morgan fingerprint density at radius 2 is 1.76 bits per heavy atom. The van der Waals surface area contributed by atoms with E-state index < -0.39 is 10.9 Å². The number of carbonyl (C=O) groups is 1. The summed E-state index contributed by atoms with van der Waals surface area (Å²) in [6.07, 6.45) is 1.63. The Morgan fingerprint density at radius 1 is 1.00 bits per heavy atom. The molecule has 8 heteroatoms. The van der Waals surface area contributed by atoms with Gasteiger partial charge < -0.3 is 14.2 Å². The molecule has 0 aromatic heterocycles. The second kappa shape index (κ2) is 9.78. The maximum Gasteiger partial charge on any atom is 0.363 e. The van der Waals surface area contributed by atoms with Crippen molar-refractivity contribution in [3.63, 3.8) is 0 Å². The summed E-state index contributed by atoms with van der Waals surface area (Å²) in [6.45, 7) is 2.50. The molecule has 3 aromatic carbocycles. The Bertz CT molecular complexity index is 1230. The summed E-state index contributed by atoms with van der Waals surface area (Å²) in [5.41, 5.74) is 2.42. The van der Waals surface area contributed by atoms with Gasteiger partial charge in [0.2, 0.25) is 5.90 Å². The van der Waals surface area contributed by atoms with Crippen LogP contribution in [0, 0.1) is 10.1 Å². The van der Waals surface area contributed by atoms with E-state index in [1.165, 1.54) is 12.1 Å². The Morgan fingerprint density at radius 3 is 2.45 bits per heavy atom. The molecule has 4 rings (SSSR count). The van der Waals surface area contributed by atoms with Crippen molar-refractivity contribution in [1.82, 2.24) is 0 Å². The molecule has 0 saturated heterocycles. The van der Waals surface area contributed by atoms with Gasteiger partial charge in [0, 0.05) is 17.7 Å². The molecule has 0 amide bonds. The number of carbonyl (C=O) groups excluding carboxylic acids is 1. The predicted molar refractivity (Wildman–Crippen MR) is 122 cm³/mol. The molecule has 8 nitrogen and oxygen atoms in total. The van der Waals surface area contributed by atoms with Gasteiger partial charge in [0.1, 0.15) is 6.61 Å². The number of nitro groups is 1. The number of nitrogens with zero attached hydrogens (tertiary/aromatic N) is 2. The number of benzene rings is 3. The standard InChI is InChI=1S/C25H20N2O6/c1-2-31-23-15-18(14-21-25(28)33-24(26-21)19-6-4-3-5-7-19)10-13-22(23)32-16-17-8-11-20(12-9-17)27(29)30/h3-15H,2,16H2,1H3/b21-14-. The number of ether oxygens (including phenoxy) is 3. The number of esters is 1. The van der Waals surface area contributed by atoms with E-state index in [2.05, 4.69) is 4.99 Å². The minimum atomic E-state index is -0.523. The van der Waals surface area contributed by atoms with Crippen LogP contribution >= 0.6 is 0 Å². The van der Waals surface area contributed by atoms with Crippen LogP contribution in [0.4, 0.5) is 5.69 Å². The van der Waals surface area contributed by atoms with Gasteiger partial charge in [-0.2, -0.15) is 0 Å². The zero-order valence-corrected chi connectivity index (χ0v) is 17.8. The molecule has 166 valence electrons. The van der Waals surface area contributed by atoms with Crippen LogP contribution in [0.1, 0.15) is 23.6 Å². The molecule has 0 atom stereocenters. The van der Waals surface area contributed by atoms with E-state index in [0.29, 0.717) is 23.7 Å². The third-order valence-electron chi connectivity index (χ3n) is 4.75. The summed E-state index contributed by atoms with van der Waals surface area (Å²) < 4.78 is 16.9. The monoisotopic (exact) mass is 444 g/mol. The summed E-state index contributed by atoms with van der Waals surface area (Å²) >= 11 is 0. The average Bonchev–Trinajstić information content (AvgIpc) is 3.19. The van der Waals surface area contributed by atoms with Crippen LogP contribution in [-0.4, -0.2) is 23.4 Å². The van der Waals surface area contributed by atoms with Crippen LogP contribution in [0.15, 0.2) is 83.5 Å². The Balaban J connectivity index is 1.52. The first kappa shape index (κ1) is 21.8. The summed E-state index contributed by atoms with van der Waals surface area (Å²) in [6, 6.07) is 20.6. The lowest BCUT2D eigenvalue weighted by Gasteiger charge is -2.13. The van der Waals surface area contributed by atoms with Gasteiger partial charge in [0.15, 0.2) is 17.2 Å². The number of aliphatic imine (C=N–C) groups is 1. The van der Waals surface area contributed by atoms with Gasteiger partial charge in [-0.25, -0.2) is 9.79 Å². The number of non-ortho nitro benzene ring substituents is 1. The lowest BCUT2D eigenvalue weighted by atomic mass is 10.1. The molecule has 0 radical (unpaired) electrons. The van der Waals surface area contributed by atoms with Gasteiger partial charge in [0.25, 0.3) is 5.69 Å². The summed E-state index contributed by atoms with van der Waals surface area (Å²) in [7, 11) is 0. The zero-order valence-electron chi connectivity index (χ0n) is 17.8. The molecule has 1 aliphatic rings. The molecule has 0 spiro atoms. The van der Waals surface area contributed by atoms with E-state index in [-0.39, 0.29) is 23.9 Å². The van der Waals surface area contributed by atoms with Gasteiger partial charge in [-0.3, -0.25) is 10.1 Å². The highest BCUT2D eigenvalue weighted by Crippen LogP contribution is 2.31. The van der Waals surface area contributed by atoms with Crippen molar-refractivity contribution in [1.29, 1.82) is 0 Å². The molecule has 0 bridgehead atoms. The van der Waals surface area contributed by atoms with Crippen molar-refractivity contribution >= 4 is 23.6 Å². The van der Waals surface area contributed by atoms with Gasteiger partial charge in [-0.1, -0.05) is 24.3 Å². The van der Waals surface area contributed by atoms with E-state index in [1.54, 1.807) is 36.4 Å².